The highest BCUT2D eigenvalue weighted by atomic mass is 32.1. The summed E-state index contributed by atoms with van der Waals surface area (Å²) in [5, 5.41) is 5.21. The summed E-state index contributed by atoms with van der Waals surface area (Å²) in [7, 11) is 0. The number of imide groups is 1. The molecule has 1 unspecified atom stereocenters. The van der Waals surface area contributed by atoms with Crippen LogP contribution in [0.15, 0.2) is 11.6 Å². The van der Waals surface area contributed by atoms with Crippen molar-refractivity contribution < 1.29 is 23.9 Å². The van der Waals surface area contributed by atoms with E-state index in [9.17, 15) is 19.2 Å². The molecule has 0 bridgehead atoms. The summed E-state index contributed by atoms with van der Waals surface area (Å²) in [6.07, 6.45) is 8.45. The topological polar surface area (TPSA) is 109 Å². The second-order valence-electron chi connectivity index (χ2n) is 9.53. The summed E-state index contributed by atoms with van der Waals surface area (Å²) in [6, 6.07) is -0.546. The lowest BCUT2D eigenvalue weighted by Crippen LogP contribution is -2.50. The molecule has 3 aliphatic rings. The summed E-state index contributed by atoms with van der Waals surface area (Å²) in [5.74, 6) is -0.971. The maximum absolute atomic E-state index is 13.3. The third-order valence-corrected chi connectivity index (χ3v) is 7.89. The van der Waals surface area contributed by atoms with Crippen LogP contribution in [0.2, 0.25) is 0 Å². The van der Waals surface area contributed by atoms with Crippen molar-refractivity contribution in [2.45, 2.75) is 89.3 Å². The molecule has 1 aliphatic heterocycles. The summed E-state index contributed by atoms with van der Waals surface area (Å²) < 4.78 is 5.41. The molecular formula is C23H32N4O5S. The minimum absolute atomic E-state index is 0.0260. The van der Waals surface area contributed by atoms with Gasteiger partial charge in [-0.2, -0.15) is 0 Å². The van der Waals surface area contributed by atoms with Crippen LogP contribution in [0.1, 0.15) is 71.6 Å². The summed E-state index contributed by atoms with van der Waals surface area (Å²) in [5.41, 5.74) is -0.909. The third kappa shape index (κ3) is 4.90. The van der Waals surface area contributed by atoms with E-state index in [2.05, 4.69) is 17.2 Å². The highest BCUT2D eigenvalue weighted by Gasteiger charge is 2.52. The molecule has 10 heteroatoms. The number of aromatic nitrogens is 1. The van der Waals surface area contributed by atoms with Crippen LogP contribution >= 0.6 is 11.3 Å². The van der Waals surface area contributed by atoms with Gasteiger partial charge in [0, 0.05) is 17.6 Å². The van der Waals surface area contributed by atoms with E-state index in [0.717, 1.165) is 49.8 Å². The Morgan fingerprint density at radius 2 is 1.94 bits per heavy atom. The van der Waals surface area contributed by atoms with E-state index >= 15 is 0 Å². The van der Waals surface area contributed by atoms with Crippen molar-refractivity contribution in [2.75, 3.05) is 11.4 Å². The zero-order chi connectivity index (χ0) is 23.6. The molecule has 3 fully saturated rings. The average molecular weight is 477 g/mol. The molecule has 0 aromatic carbocycles. The fourth-order valence-corrected chi connectivity index (χ4v) is 5.85. The van der Waals surface area contributed by atoms with Gasteiger partial charge in [-0.1, -0.05) is 26.2 Å². The number of rotatable bonds is 6. The van der Waals surface area contributed by atoms with E-state index in [0.29, 0.717) is 23.9 Å². The van der Waals surface area contributed by atoms with E-state index in [-0.39, 0.29) is 17.9 Å². The number of carbonyl (C=O) groups excluding carboxylic acids is 4. The number of amides is 4. The highest BCUT2D eigenvalue weighted by Crippen LogP contribution is 2.36. The van der Waals surface area contributed by atoms with Crippen molar-refractivity contribution in [2.24, 2.45) is 5.92 Å². The quantitative estimate of drug-likeness (QED) is 0.499. The number of anilines is 1. The van der Waals surface area contributed by atoms with Gasteiger partial charge in [0.05, 0.1) is 0 Å². The van der Waals surface area contributed by atoms with Gasteiger partial charge >= 0.3 is 12.0 Å². The first-order chi connectivity index (χ1) is 15.8. The predicted octanol–water partition coefficient (Wildman–Crippen LogP) is 3.24. The van der Waals surface area contributed by atoms with Crippen LogP contribution in [0, 0.1) is 5.92 Å². The number of nitrogens with zero attached hydrogens (tertiary/aromatic N) is 3. The Kier molecular flexibility index (Phi) is 7.02. The van der Waals surface area contributed by atoms with Crippen molar-refractivity contribution in [3.05, 3.63) is 11.6 Å². The van der Waals surface area contributed by atoms with E-state index < -0.39 is 30.2 Å². The van der Waals surface area contributed by atoms with Gasteiger partial charge in [0.2, 0.25) is 0 Å². The molecule has 2 saturated carbocycles. The van der Waals surface area contributed by atoms with Crippen LogP contribution in [-0.4, -0.2) is 57.9 Å². The van der Waals surface area contributed by atoms with Crippen molar-refractivity contribution in [1.82, 2.24) is 15.2 Å². The number of nitrogens with one attached hydrogen (secondary N) is 1. The number of thiazole rings is 1. The van der Waals surface area contributed by atoms with Gasteiger partial charge in [0.15, 0.2) is 11.2 Å². The van der Waals surface area contributed by atoms with Crippen LogP contribution in [-0.2, 0) is 19.1 Å². The van der Waals surface area contributed by atoms with Gasteiger partial charge in [-0.05, 0) is 51.4 Å². The molecule has 9 nitrogen and oxygen atoms in total. The third-order valence-electron chi connectivity index (χ3n) is 7.12. The molecule has 4 amide bonds. The van der Waals surface area contributed by atoms with E-state index in [1.54, 1.807) is 11.1 Å². The number of ether oxygens (including phenoxy) is 1. The monoisotopic (exact) mass is 476 g/mol. The Morgan fingerprint density at radius 3 is 2.58 bits per heavy atom. The molecule has 1 spiro atoms. The molecule has 1 atom stereocenters. The second kappa shape index (κ2) is 9.79. The fraction of sp³-hybridized carbons (Fsp3) is 0.696. The molecule has 1 aromatic rings. The van der Waals surface area contributed by atoms with Crippen molar-refractivity contribution >= 4 is 40.3 Å². The summed E-state index contributed by atoms with van der Waals surface area (Å²) >= 11 is 1.38. The first-order valence-corrected chi connectivity index (χ1v) is 12.7. The van der Waals surface area contributed by atoms with E-state index in [4.69, 9.17) is 4.74 Å². The molecule has 180 valence electrons. The van der Waals surface area contributed by atoms with Crippen LogP contribution in [0.25, 0.3) is 0 Å². The van der Waals surface area contributed by atoms with Crippen LogP contribution < -0.4 is 10.2 Å². The number of esters is 1. The van der Waals surface area contributed by atoms with Gasteiger partial charge in [-0.3, -0.25) is 24.2 Å². The average Bonchev–Trinajstić information content (AvgIpc) is 3.40. The number of urea groups is 1. The van der Waals surface area contributed by atoms with Crippen molar-refractivity contribution in [3.63, 3.8) is 0 Å². The maximum atomic E-state index is 13.3. The van der Waals surface area contributed by atoms with Gasteiger partial charge in [0.25, 0.3) is 11.8 Å². The summed E-state index contributed by atoms with van der Waals surface area (Å²) in [4.78, 5) is 58.2. The van der Waals surface area contributed by atoms with Crippen LogP contribution in [0.4, 0.5) is 9.93 Å². The molecule has 33 heavy (non-hydrogen) atoms. The fourth-order valence-electron chi connectivity index (χ4n) is 5.13. The molecule has 4 rings (SSSR count). The highest BCUT2D eigenvalue weighted by molar-refractivity contribution is 7.13. The molecule has 2 heterocycles. The zero-order valence-corrected chi connectivity index (χ0v) is 20.1. The molecular weight excluding hydrogens is 444 g/mol. The Morgan fingerprint density at radius 1 is 1.24 bits per heavy atom. The lowest BCUT2D eigenvalue weighted by atomic mass is 9.77. The van der Waals surface area contributed by atoms with Crippen molar-refractivity contribution in [1.29, 1.82) is 0 Å². The second-order valence-corrected chi connectivity index (χ2v) is 10.4. The normalized spacial score (nSPS) is 26.8. The largest absolute Gasteiger partial charge is 0.451 e. The van der Waals surface area contributed by atoms with Gasteiger partial charge < -0.3 is 10.1 Å². The number of carbonyl (C=O) groups is 4. The smallest absolute Gasteiger partial charge is 0.327 e. The zero-order valence-electron chi connectivity index (χ0n) is 19.2. The Labute approximate surface area is 197 Å². The van der Waals surface area contributed by atoms with Gasteiger partial charge in [-0.15, -0.1) is 11.3 Å². The molecule has 1 saturated heterocycles. The minimum atomic E-state index is -1.05. The van der Waals surface area contributed by atoms with Gasteiger partial charge in [-0.25, -0.2) is 9.78 Å². The van der Waals surface area contributed by atoms with E-state index in [1.165, 1.54) is 18.3 Å². The number of hydrogen-bond acceptors (Lipinski definition) is 7. The van der Waals surface area contributed by atoms with Crippen LogP contribution in [0.3, 0.4) is 0 Å². The molecule has 1 aromatic heterocycles. The standard InChI is InChI=1S/C23H32N4O5S/c1-15-8-10-23(11-9-15)20(30)26(21(31)25-23)14-18(28)32-16(2)19(29)27(22-24-12-13-33-22)17-6-4-3-5-7-17/h12-13,15-17H,3-11,14H2,1-2H3,(H,25,31). The lowest BCUT2D eigenvalue weighted by molar-refractivity contribution is -0.156. The minimum Gasteiger partial charge on any atom is -0.451 e. The van der Waals surface area contributed by atoms with E-state index in [1.807, 2.05) is 5.38 Å². The maximum Gasteiger partial charge on any atom is 0.327 e. The lowest BCUT2D eigenvalue weighted by Gasteiger charge is -2.34. The predicted molar refractivity (Wildman–Crippen MR) is 123 cm³/mol. The Balaban J connectivity index is 1.39. The van der Waals surface area contributed by atoms with Crippen molar-refractivity contribution in [3.8, 4) is 0 Å². The summed E-state index contributed by atoms with van der Waals surface area (Å²) in [6.45, 7) is 3.16. The number of hydrogen-bond donors (Lipinski definition) is 1. The Bertz CT molecular complexity index is 891. The van der Waals surface area contributed by atoms with Gasteiger partial charge in [0.1, 0.15) is 12.1 Å². The Hall–Kier alpha value is -2.49. The molecule has 2 aliphatic carbocycles. The SMILES string of the molecule is CC1CCC2(CC1)NC(=O)N(CC(=O)OC(C)C(=O)N(c1nccs1)C1CCCCC1)C2=O. The molecule has 0 radical (unpaired) electrons. The first kappa shape index (κ1) is 23.7. The first-order valence-electron chi connectivity index (χ1n) is 11.9. The molecule has 1 N–H and O–H groups in total. The van der Waals surface area contributed by atoms with Crippen LogP contribution in [0.5, 0.6) is 0 Å².